The van der Waals surface area contributed by atoms with E-state index >= 15 is 0 Å². The molecule has 2 heterocycles. The van der Waals surface area contributed by atoms with Crippen LogP contribution in [0, 0.1) is 0 Å². The van der Waals surface area contributed by atoms with E-state index in [2.05, 4.69) is 28.2 Å². The van der Waals surface area contributed by atoms with Crippen LogP contribution in [0.15, 0.2) is 42.6 Å². The van der Waals surface area contributed by atoms with E-state index in [-0.39, 0.29) is 6.04 Å². The molecule has 2 aromatic rings. The molecule has 0 spiro atoms. The Bertz CT molecular complexity index is 604. The molecule has 1 aromatic heterocycles. The number of aromatic nitrogens is 1. The van der Waals surface area contributed by atoms with Crippen LogP contribution in [0.3, 0.4) is 0 Å². The maximum Gasteiger partial charge on any atom is 0.338 e. The molecule has 0 bridgehead atoms. The lowest BCUT2D eigenvalue weighted by Crippen LogP contribution is -2.22. The van der Waals surface area contributed by atoms with Crippen molar-refractivity contribution in [2.75, 3.05) is 6.54 Å². The molecule has 0 fully saturated rings. The van der Waals surface area contributed by atoms with Crippen LogP contribution >= 0.6 is 34.8 Å². The fraction of sp³-hybridized carbons (Fsp3) is 0.333. The zero-order chi connectivity index (χ0) is 14.9. The van der Waals surface area contributed by atoms with Gasteiger partial charge in [-0.1, -0.05) is 12.1 Å². The number of fused-ring (bicyclic) bond motifs is 1. The molecular formula is C15H15Cl3N2O. The first-order valence-electron chi connectivity index (χ1n) is 6.77. The average molecular weight is 346 g/mol. The van der Waals surface area contributed by atoms with E-state index in [9.17, 15) is 0 Å². The van der Waals surface area contributed by atoms with E-state index < -0.39 is 3.98 Å². The number of nitrogens with zero attached hydrogens (tertiary/aromatic N) is 1. The quantitative estimate of drug-likeness (QED) is 0.822. The van der Waals surface area contributed by atoms with Gasteiger partial charge in [-0.25, -0.2) is 0 Å². The molecule has 1 N–H and O–H groups in total. The summed E-state index contributed by atoms with van der Waals surface area (Å²) in [5, 5.41) is 3.57. The topological polar surface area (TPSA) is 26.2 Å². The Morgan fingerprint density at radius 1 is 1.14 bits per heavy atom. The van der Waals surface area contributed by atoms with Gasteiger partial charge >= 0.3 is 3.98 Å². The fourth-order valence-electron chi connectivity index (χ4n) is 2.64. The van der Waals surface area contributed by atoms with Gasteiger partial charge in [-0.15, -0.1) is 0 Å². The van der Waals surface area contributed by atoms with Crippen LogP contribution in [0.4, 0.5) is 0 Å². The zero-order valence-electron chi connectivity index (χ0n) is 11.2. The molecule has 0 radical (unpaired) electrons. The molecule has 0 saturated heterocycles. The summed E-state index contributed by atoms with van der Waals surface area (Å²) in [6.45, 7) is 2.03. The number of benzene rings is 1. The van der Waals surface area contributed by atoms with Crippen LogP contribution in [-0.4, -0.2) is 15.1 Å². The minimum atomic E-state index is -1.74. The van der Waals surface area contributed by atoms with Crippen molar-refractivity contribution in [3.05, 3.63) is 53.9 Å². The third kappa shape index (κ3) is 3.67. The van der Waals surface area contributed by atoms with Gasteiger partial charge in [-0.2, -0.15) is 0 Å². The van der Waals surface area contributed by atoms with Crippen LogP contribution in [0.25, 0.3) is 0 Å². The Labute approximate surface area is 138 Å². The molecule has 1 unspecified atom stereocenters. The minimum absolute atomic E-state index is 0.171. The van der Waals surface area contributed by atoms with Crippen molar-refractivity contribution in [3.8, 4) is 5.75 Å². The van der Waals surface area contributed by atoms with Crippen LogP contribution in [0.2, 0.25) is 0 Å². The Kier molecular flexibility index (Phi) is 4.36. The predicted octanol–water partition coefficient (Wildman–Crippen LogP) is 4.28. The molecule has 21 heavy (non-hydrogen) atoms. The van der Waals surface area contributed by atoms with Crippen molar-refractivity contribution >= 4 is 34.8 Å². The van der Waals surface area contributed by atoms with E-state index in [0.29, 0.717) is 5.75 Å². The molecule has 112 valence electrons. The van der Waals surface area contributed by atoms with Crippen molar-refractivity contribution < 1.29 is 4.74 Å². The van der Waals surface area contributed by atoms with E-state index in [1.807, 2.05) is 24.3 Å². The zero-order valence-corrected chi connectivity index (χ0v) is 13.5. The summed E-state index contributed by atoms with van der Waals surface area (Å²) in [5.41, 5.74) is 2.43. The van der Waals surface area contributed by atoms with Gasteiger partial charge in [0.15, 0.2) is 0 Å². The van der Waals surface area contributed by atoms with Crippen LogP contribution in [0.1, 0.15) is 23.7 Å². The van der Waals surface area contributed by atoms with Gasteiger partial charge in [0.25, 0.3) is 0 Å². The van der Waals surface area contributed by atoms with Crippen molar-refractivity contribution in [2.24, 2.45) is 0 Å². The van der Waals surface area contributed by atoms with E-state index in [1.165, 1.54) is 5.69 Å². The van der Waals surface area contributed by atoms with Crippen molar-refractivity contribution in [2.45, 2.75) is 23.0 Å². The molecule has 0 aliphatic carbocycles. The van der Waals surface area contributed by atoms with Gasteiger partial charge in [-0.3, -0.25) is 0 Å². The molecule has 0 saturated carbocycles. The summed E-state index contributed by atoms with van der Waals surface area (Å²) in [6, 6.07) is 12.0. The Morgan fingerprint density at radius 3 is 2.62 bits per heavy atom. The molecule has 3 nitrogen and oxygen atoms in total. The summed E-state index contributed by atoms with van der Waals surface area (Å²) in [7, 11) is 0. The predicted molar refractivity (Wildman–Crippen MR) is 86.3 cm³/mol. The molecular weight excluding hydrogens is 331 g/mol. The highest BCUT2D eigenvalue weighted by atomic mass is 35.6. The maximum absolute atomic E-state index is 5.62. The van der Waals surface area contributed by atoms with Crippen LogP contribution in [-0.2, 0) is 6.54 Å². The second-order valence-electron chi connectivity index (χ2n) is 4.98. The Hall–Kier alpha value is -0.870. The smallest absolute Gasteiger partial charge is 0.338 e. The monoisotopic (exact) mass is 344 g/mol. The van der Waals surface area contributed by atoms with Gasteiger partial charge < -0.3 is 14.6 Å². The SMILES string of the molecule is ClC(Cl)(Cl)Oc1ccc(C2NCCCn3cccc32)cc1. The number of aryl methyl sites for hydroxylation is 1. The molecule has 1 aromatic carbocycles. The number of ether oxygens (including phenoxy) is 1. The third-order valence-electron chi connectivity index (χ3n) is 3.53. The van der Waals surface area contributed by atoms with Crippen molar-refractivity contribution in [1.29, 1.82) is 0 Å². The fourth-order valence-corrected chi connectivity index (χ4v) is 2.91. The molecule has 1 aliphatic rings. The number of nitrogens with one attached hydrogen (secondary N) is 1. The van der Waals surface area contributed by atoms with E-state index in [4.69, 9.17) is 39.5 Å². The van der Waals surface area contributed by atoms with E-state index in [0.717, 1.165) is 25.1 Å². The molecule has 3 rings (SSSR count). The van der Waals surface area contributed by atoms with Gasteiger partial charge in [0, 0.05) is 18.4 Å². The standard InChI is InChI=1S/C15H15Cl3N2O/c16-15(17,18)21-12-6-4-11(5-7-12)14-13-3-1-9-20(13)10-2-8-19-14/h1,3-7,9,14,19H,2,8,10H2. The Balaban J connectivity index is 1.84. The Morgan fingerprint density at radius 2 is 1.90 bits per heavy atom. The number of halogens is 3. The second kappa shape index (κ2) is 6.09. The molecule has 6 heteroatoms. The molecule has 1 atom stereocenters. The lowest BCUT2D eigenvalue weighted by Gasteiger charge is -2.19. The van der Waals surface area contributed by atoms with Crippen molar-refractivity contribution in [1.82, 2.24) is 9.88 Å². The summed E-state index contributed by atoms with van der Waals surface area (Å²) in [4.78, 5) is 0. The normalized spacial score (nSPS) is 18.9. The first-order chi connectivity index (χ1) is 10.0. The van der Waals surface area contributed by atoms with E-state index in [1.54, 1.807) is 0 Å². The number of rotatable bonds is 2. The number of hydrogen-bond acceptors (Lipinski definition) is 2. The van der Waals surface area contributed by atoms with Gasteiger partial charge in [-0.05, 0) is 77.6 Å². The summed E-state index contributed by atoms with van der Waals surface area (Å²) >= 11 is 16.9. The minimum Gasteiger partial charge on any atom is -0.446 e. The first kappa shape index (κ1) is 15.0. The van der Waals surface area contributed by atoms with Gasteiger partial charge in [0.1, 0.15) is 5.75 Å². The van der Waals surface area contributed by atoms with Crippen LogP contribution < -0.4 is 10.1 Å². The third-order valence-corrected chi connectivity index (χ3v) is 3.76. The average Bonchev–Trinajstić information content (AvgIpc) is 2.78. The highest BCUT2D eigenvalue weighted by Crippen LogP contribution is 2.31. The van der Waals surface area contributed by atoms with Crippen LogP contribution in [0.5, 0.6) is 5.75 Å². The second-order valence-corrected chi connectivity index (χ2v) is 7.16. The lowest BCUT2D eigenvalue weighted by atomic mass is 10.0. The van der Waals surface area contributed by atoms with Crippen molar-refractivity contribution in [3.63, 3.8) is 0 Å². The number of hydrogen-bond donors (Lipinski definition) is 1. The summed E-state index contributed by atoms with van der Waals surface area (Å²) in [5.74, 6) is 0.530. The first-order valence-corrected chi connectivity index (χ1v) is 7.90. The highest BCUT2D eigenvalue weighted by molar-refractivity contribution is 6.66. The molecule has 1 aliphatic heterocycles. The van der Waals surface area contributed by atoms with Gasteiger partial charge in [0.2, 0.25) is 0 Å². The highest BCUT2D eigenvalue weighted by Gasteiger charge is 2.23. The van der Waals surface area contributed by atoms with Gasteiger partial charge in [0.05, 0.1) is 6.04 Å². The maximum atomic E-state index is 5.62. The lowest BCUT2D eigenvalue weighted by molar-refractivity contribution is 0.320. The number of alkyl halides is 3. The summed E-state index contributed by atoms with van der Waals surface area (Å²) < 4.78 is 5.74. The summed E-state index contributed by atoms with van der Waals surface area (Å²) in [6.07, 6.45) is 3.24. The molecule has 0 amide bonds. The largest absolute Gasteiger partial charge is 0.446 e.